The summed E-state index contributed by atoms with van der Waals surface area (Å²) in [6.07, 6.45) is 4.01. The molecule has 0 saturated heterocycles. The average Bonchev–Trinajstić information content (AvgIpc) is 3.22. The molecule has 0 radical (unpaired) electrons. The minimum Gasteiger partial charge on any atom is -0.508 e. The minimum atomic E-state index is -0.0910. The third kappa shape index (κ3) is 2.59. The van der Waals surface area contributed by atoms with Gasteiger partial charge in [-0.2, -0.15) is 0 Å². The number of carbonyl (C=O) groups excluding carboxylic acids is 1. The van der Waals surface area contributed by atoms with Crippen LogP contribution in [0.15, 0.2) is 36.5 Å². The Kier molecular flexibility index (Phi) is 3.33. The summed E-state index contributed by atoms with van der Waals surface area (Å²) in [6.45, 7) is 2.44. The predicted octanol–water partition coefficient (Wildman–Crippen LogP) is 2.78. The van der Waals surface area contributed by atoms with Crippen molar-refractivity contribution in [3.63, 3.8) is 0 Å². The summed E-state index contributed by atoms with van der Waals surface area (Å²) in [6, 6.07) is 8.85. The fraction of sp³-hybridized carbons (Fsp3) is 0.312. The number of nitrogens with zero attached hydrogens (tertiary/aromatic N) is 2. The summed E-state index contributed by atoms with van der Waals surface area (Å²) >= 11 is 0. The first-order valence-electron chi connectivity index (χ1n) is 7.18. The molecule has 3 rings (SSSR count). The van der Waals surface area contributed by atoms with Gasteiger partial charge in [-0.05, 0) is 38.0 Å². The lowest BCUT2D eigenvalue weighted by atomic mass is 10.2. The molecular formula is C16H19N3O2. The summed E-state index contributed by atoms with van der Waals surface area (Å²) in [5.41, 5.74) is 7.76. The highest BCUT2D eigenvalue weighted by Crippen LogP contribution is 2.37. The van der Waals surface area contributed by atoms with Crippen LogP contribution in [0.25, 0.3) is 0 Å². The Morgan fingerprint density at radius 3 is 2.81 bits per heavy atom. The lowest BCUT2D eigenvalue weighted by Gasteiger charge is -2.22. The molecule has 1 saturated carbocycles. The average molecular weight is 285 g/mol. The smallest absolute Gasteiger partial charge is 0.274 e. The first kappa shape index (κ1) is 13.5. The van der Waals surface area contributed by atoms with Gasteiger partial charge in [-0.1, -0.05) is 6.07 Å². The maximum absolute atomic E-state index is 12.8. The maximum Gasteiger partial charge on any atom is 0.274 e. The first-order chi connectivity index (χ1) is 10.1. The Morgan fingerprint density at radius 1 is 1.43 bits per heavy atom. The van der Waals surface area contributed by atoms with E-state index in [1.54, 1.807) is 29.2 Å². The molecule has 1 amide bonds. The summed E-state index contributed by atoms with van der Waals surface area (Å²) in [7, 11) is 0. The van der Waals surface area contributed by atoms with Crippen molar-refractivity contribution >= 4 is 17.3 Å². The number of carbonyl (C=O) groups is 1. The molecule has 0 atom stereocenters. The monoisotopic (exact) mass is 285 g/mol. The Hall–Kier alpha value is -2.43. The number of phenols is 1. The van der Waals surface area contributed by atoms with Gasteiger partial charge in [-0.15, -0.1) is 0 Å². The molecule has 1 heterocycles. The van der Waals surface area contributed by atoms with Crippen LogP contribution < -0.4 is 10.6 Å². The van der Waals surface area contributed by atoms with Crippen LogP contribution in [0.3, 0.4) is 0 Å². The Labute approximate surface area is 123 Å². The quantitative estimate of drug-likeness (QED) is 0.907. The molecule has 3 N–H and O–H groups in total. The van der Waals surface area contributed by atoms with Crippen molar-refractivity contribution in [1.82, 2.24) is 4.57 Å². The van der Waals surface area contributed by atoms with E-state index in [9.17, 15) is 9.90 Å². The second-order valence-corrected chi connectivity index (χ2v) is 5.37. The standard InChI is InChI=1S/C16H19N3O2/c1-2-18(13-4-3-5-14(20)9-13)16(21)15-8-11(17)10-19(15)12-6-7-12/h3-5,8-10,12,20H,2,6-7,17H2,1H3. The van der Waals surface area contributed by atoms with Crippen LogP contribution in [0.2, 0.25) is 0 Å². The number of aromatic nitrogens is 1. The Balaban J connectivity index is 1.96. The van der Waals surface area contributed by atoms with Crippen molar-refractivity contribution in [2.75, 3.05) is 17.2 Å². The van der Waals surface area contributed by atoms with E-state index in [-0.39, 0.29) is 11.7 Å². The van der Waals surface area contributed by atoms with Crippen LogP contribution in [-0.4, -0.2) is 22.1 Å². The number of amides is 1. The maximum atomic E-state index is 12.8. The van der Waals surface area contributed by atoms with Crippen molar-refractivity contribution in [3.05, 3.63) is 42.2 Å². The molecule has 21 heavy (non-hydrogen) atoms. The number of hydrogen-bond acceptors (Lipinski definition) is 3. The SMILES string of the molecule is CCN(C(=O)c1cc(N)cn1C1CC1)c1cccc(O)c1. The van der Waals surface area contributed by atoms with Gasteiger partial charge < -0.3 is 20.3 Å². The number of anilines is 2. The summed E-state index contributed by atoms with van der Waals surface area (Å²) in [4.78, 5) is 14.5. The largest absolute Gasteiger partial charge is 0.508 e. The van der Waals surface area contributed by atoms with Gasteiger partial charge in [-0.25, -0.2) is 0 Å². The van der Waals surface area contributed by atoms with E-state index in [0.29, 0.717) is 29.7 Å². The van der Waals surface area contributed by atoms with E-state index in [4.69, 9.17) is 5.73 Å². The van der Waals surface area contributed by atoms with Gasteiger partial charge in [-0.3, -0.25) is 4.79 Å². The number of rotatable bonds is 4. The van der Waals surface area contributed by atoms with Gasteiger partial charge in [0.1, 0.15) is 11.4 Å². The van der Waals surface area contributed by atoms with Crippen LogP contribution in [0.5, 0.6) is 5.75 Å². The lowest BCUT2D eigenvalue weighted by Crippen LogP contribution is -2.32. The van der Waals surface area contributed by atoms with Gasteiger partial charge in [0, 0.05) is 30.5 Å². The number of nitrogen functional groups attached to an aromatic ring is 1. The molecule has 1 fully saturated rings. The van der Waals surface area contributed by atoms with Gasteiger partial charge >= 0.3 is 0 Å². The predicted molar refractivity (Wildman–Crippen MR) is 82.6 cm³/mol. The van der Waals surface area contributed by atoms with Crippen LogP contribution in [-0.2, 0) is 0 Å². The van der Waals surface area contributed by atoms with E-state index >= 15 is 0 Å². The third-order valence-electron chi connectivity index (χ3n) is 3.73. The van der Waals surface area contributed by atoms with E-state index in [1.807, 2.05) is 23.8 Å². The topological polar surface area (TPSA) is 71.5 Å². The molecule has 110 valence electrons. The van der Waals surface area contributed by atoms with Crippen molar-refractivity contribution in [2.24, 2.45) is 0 Å². The molecule has 1 aliphatic carbocycles. The van der Waals surface area contributed by atoms with E-state index in [0.717, 1.165) is 12.8 Å². The van der Waals surface area contributed by atoms with Crippen molar-refractivity contribution < 1.29 is 9.90 Å². The van der Waals surface area contributed by atoms with E-state index in [1.165, 1.54) is 0 Å². The Bertz CT molecular complexity index is 674. The van der Waals surface area contributed by atoms with Crippen LogP contribution in [0.4, 0.5) is 11.4 Å². The number of nitrogens with two attached hydrogens (primary N) is 1. The molecule has 0 aliphatic heterocycles. The first-order valence-corrected chi connectivity index (χ1v) is 7.18. The fourth-order valence-corrected chi connectivity index (χ4v) is 2.57. The Morgan fingerprint density at radius 2 is 2.19 bits per heavy atom. The van der Waals surface area contributed by atoms with E-state index in [2.05, 4.69) is 0 Å². The molecule has 1 aromatic heterocycles. The molecule has 0 unspecified atom stereocenters. The second kappa shape index (κ2) is 5.16. The molecular weight excluding hydrogens is 266 g/mol. The zero-order chi connectivity index (χ0) is 15.0. The van der Waals surface area contributed by atoms with Crippen LogP contribution in [0.1, 0.15) is 36.3 Å². The van der Waals surface area contributed by atoms with Crippen molar-refractivity contribution in [2.45, 2.75) is 25.8 Å². The molecule has 5 heteroatoms. The van der Waals surface area contributed by atoms with Crippen molar-refractivity contribution in [1.29, 1.82) is 0 Å². The van der Waals surface area contributed by atoms with Gasteiger partial charge in [0.05, 0.1) is 5.69 Å². The zero-order valence-electron chi connectivity index (χ0n) is 12.0. The second-order valence-electron chi connectivity index (χ2n) is 5.37. The highest BCUT2D eigenvalue weighted by molar-refractivity contribution is 6.05. The van der Waals surface area contributed by atoms with Crippen molar-refractivity contribution in [3.8, 4) is 5.75 Å². The number of phenolic OH excluding ortho intramolecular Hbond substituents is 1. The van der Waals surface area contributed by atoms with Gasteiger partial charge in [0.15, 0.2) is 0 Å². The molecule has 0 bridgehead atoms. The van der Waals surface area contributed by atoms with Crippen LogP contribution in [0, 0.1) is 0 Å². The number of aromatic hydroxyl groups is 1. The van der Waals surface area contributed by atoms with Crippen LogP contribution >= 0.6 is 0 Å². The molecule has 2 aromatic rings. The normalized spacial score (nSPS) is 14.1. The molecule has 5 nitrogen and oxygen atoms in total. The summed E-state index contributed by atoms with van der Waals surface area (Å²) < 4.78 is 1.98. The van der Waals surface area contributed by atoms with E-state index < -0.39 is 0 Å². The molecule has 1 aliphatic rings. The minimum absolute atomic E-state index is 0.0910. The highest BCUT2D eigenvalue weighted by Gasteiger charge is 2.29. The zero-order valence-corrected chi connectivity index (χ0v) is 12.0. The van der Waals surface area contributed by atoms with Gasteiger partial charge in [0.2, 0.25) is 0 Å². The summed E-state index contributed by atoms with van der Waals surface area (Å²) in [5.74, 6) is 0.0579. The lowest BCUT2D eigenvalue weighted by molar-refractivity contribution is 0.0979. The number of benzene rings is 1. The third-order valence-corrected chi connectivity index (χ3v) is 3.73. The van der Waals surface area contributed by atoms with Gasteiger partial charge in [0.25, 0.3) is 5.91 Å². The molecule has 1 aromatic carbocycles. The molecule has 0 spiro atoms. The number of hydrogen-bond donors (Lipinski definition) is 2. The highest BCUT2D eigenvalue weighted by atomic mass is 16.3. The fourth-order valence-electron chi connectivity index (χ4n) is 2.57. The summed E-state index contributed by atoms with van der Waals surface area (Å²) in [5, 5.41) is 9.60.